The fourth-order valence-corrected chi connectivity index (χ4v) is 3.31. The summed E-state index contributed by atoms with van der Waals surface area (Å²) in [5, 5.41) is 0.625. The molecule has 1 atom stereocenters. The maximum atomic E-state index is 12.4. The second-order valence-electron chi connectivity index (χ2n) is 5.78. The smallest absolute Gasteiger partial charge is 0.200 e. The van der Waals surface area contributed by atoms with Crippen molar-refractivity contribution in [1.29, 1.82) is 0 Å². The Labute approximate surface area is 110 Å². The third-order valence-corrected chi connectivity index (χ3v) is 4.47. The molecule has 0 radical (unpaired) electrons. The van der Waals surface area contributed by atoms with Gasteiger partial charge in [0.1, 0.15) is 0 Å². The standard InChI is InChI=1S/C16H15NO2/c18-14-8-10(9-5-6-9)7-13-15(14)16(19)11-3-1-2-4-12(11)17-13/h1-4,9-10H,5-8H2,(H,17,19). The molecule has 2 aliphatic carbocycles. The molecule has 0 spiro atoms. The number of hydrogen-bond donors (Lipinski definition) is 1. The van der Waals surface area contributed by atoms with Crippen LogP contribution in [0.15, 0.2) is 29.1 Å². The molecule has 96 valence electrons. The highest BCUT2D eigenvalue weighted by Crippen LogP contribution is 2.42. The number of hydrogen-bond acceptors (Lipinski definition) is 2. The van der Waals surface area contributed by atoms with Crippen molar-refractivity contribution >= 4 is 16.7 Å². The van der Waals surface area contributed by atoms with Gasteiger partial charge in [0.2, 0.25) is 0 Å². The Hall–Kier alpha value is -1.90. The van der Waals surface area contributed by atoms with Gasteiger partial charge in [-0.1, -0.05) is 12.1 Å². The molecule has 2 aliphatic rings. The van der Waals surface area contributed by atoms with E-state index < -0.39 is 0 Å². The van der Waals surface area contributed by atoms with Gasteiger partial charge in [0.15, 0.2) is 11.2 Å². The van der Waals surface area contributed by atoms with Gasteiger partial charge in [0, 0.05) is 23.0 Å². The largest absolute Gasteiger partial charge is 0.358 e. The second kappa shape index (κ2) is 3.80. The monoisotopic (exact) mass is 253 g/mol. The third kappa shape index (κ3) is 1.65. The minimum Gasteiger partial charge on any atom is -0.358 e. The summed E-state index contributed by atoms with van der Waals surface area (Å²) in [7, 11) is 0. The first-order chi connectivity index (χ1) is 9.24. The van der Waals surface area contributed by atoms with Crippen molar-refractivity contribution in [3.63, 3.8) is 0 Å². The topological polar surface area (TPSA) is 49.9 Å². The zero-order valence-electron chi connectivity index (χ0n) is 10.6. The maximum absolute atomic E-state index is 12.4. The van der Waals surface area contributed by atoms with Crippen molar-refractivity contribution in [3.05, 3.63) is 45.7 Å². The van der Waals surface area contributed by atoms with E-state index in [-0.39, 0.29) is 11.2 Å². The number of para-hydroxylation sites is 1. The van der Waals surface area contributed by atoms with Gasteiger partial charge in [-0.2, -0.15) is 0 Å². The first-order valence-electron chi connectivity index (χ1n) is 6.91. The third-order valence-electron chi connectivity index (χ3n) is 4.47. The average molecular weight is 253 g/mol. The maximum Gasteiger partial charge on any atom is 0.200 e. The first-order valence-corrected chi connectivity index (χ1v) is 6.91. The summed E-state index contributed by atoms with van der Waals surface area (Å²) in [5.41, 5.74) is 2.02. The van der Waals surface area contributed by atoms with E-state index in [4.69, 9.17) is 0 Å². The van der Waals surface area contributed by atoms with Gasteiger partial charge in [-0.15, -0.1) is 0 Å². The SMILES string of the molecule is O=C1CC(C2CC2)Cc2[nH]c3ccccc3c(=O)c21. The lowest BCUT2D eigenvalue weighted by Gasteiger charge is -2.23. The highest BCUT2D eigenvalue weighted by atomic mass is 16.1. The van der Waals surface area contributed by atoms with E-state index in [0.29, 0.717) is 29.2 Å². The molecule has 1 heterocycles. The van der Waals surface area contributed by atoms with Gasteiger partial charge in [-0.3, -0.25) is 9.59 Å². The molecule has 1 N–H and O–H groups in total. The molecule has 1 saturated carbocycles. The lowest BCUT2D eigenvalue weighted by atomic mass is 9.82. The Kier molecular flexibility index (Phi) is 2.19. The number of H-pyrrole nitrogens is 1. The summed E-state index contributed by atoms with van der Waals surface area (Å²) in [6.45, 7) is 0. The van der Waals surface area contributed by atoms with Crippen molar-refractivity contribution in [1.82, 2.24) is 4.98 Å². The number of aromatic amines is 1. The van der Waals surface area contributed by atoms with E-state index in [1.807, 2.05) is 18.2 Å². The van der Waals surface area contributed by atoms with Crippen molar-refractivity contribution in [2.24, 2.45) is 11.8 Å². The van der Waals surface area contributed by atoms with Crippen LogP contribution in [0.2, 0.25) is 0 Å². The predicted molar refractivity (Wildman–Crippen MR) is 73.4 cm³/mol. The Morgan fingerprint density at radius 3 is 2.58 bits per heavy atom. The molecule has 1 aromatic carbocycles. The minimum absolute atomic E-state index is 0.0325. The summed E-state index contributed by atoms with van der Waals surface area (Å²) >= 11 is 0. The molecule has 0 amide bonds. The number of pyridine rings is 1. The number of nitrogens with one attached hydrogen (secondary N) is 1. The Morgan fingerprint density at radius 1 is 1.00 bits per heavy atom. The lowest BCUT2D eigenvalue weighted by Crippen LogP contribution is -2.29. The van der Waals surface area contributed by atoms with E-state index in [1.165, 1.54) is 12.8 Å². The Morgan fingerprint density at radius 2 is 1.79 bits per heavy atom. The van der Waals surface area contributed by atoms with Crippen LogP contribution in [0.25, 0.3) is 10.9 Å². The van der Waals surface area contributed by atoms with E-state index >= 15 is 0 Å². The number of rotatable bonds is 1. The quantitative estimate of drug-likeness (QED) is 0.849. The van der Waals surface area contributed by atoms with Crippen molar-refractivity contribution in [3.8, 4) is 0 Å². The predicted octanol–water partition coefficient (Wildman–Crippen LogP) is 2.68. The summed E-state index contributed by atoms with van der Waals surface area (Å²) in [6.07, 6.45) is 3.89. The van der Waals surface area contributed by atoms with Crippen molar-refractivity contribution in [2.75, 3.05) is 0 Å². The van der Waals surface area contributed by atoms with Crippen LogP contribution in [-0.4, -0.2) is 10.8 Å². The van der Waals surface area contributed by atoms with Crippen molar-refractivity contribution < 1.29 is 4.79 Å². The summed E-state index contributed by atoms with van der Waals surface area (Å²) in [4.78, 5) is 28.0. The van der Waals surface area contributed by atoms with Gasteiger partial charge in [0.25, 0.3) is 0 Å². The molecule has 4 rings (SSSR count). The zero-order valence-corrected chi connectivity index (χ0v) is 10.6. The zero-order chi connectivity index (χ0) is 13.0. The summed E-state index contributed by atoms with van der Waals surface area (Å²) in [6, 6.07) is 7.44. The van der Waals surface area contributed by atoms with Gasteiger partial charge < -0.3 is 4.98 Å². The molecule has 2 aromatic rings. The summed E-state index contributed by atoms with van der Waals surface area (Å²) < 4.78 is 0. The Bertz CT molecular complexity index is 740. The van der Waals surface area contributed by atoms with Crippen LogP contribution in [-0.2, 0) is 6.42 Å². The van der Waals surface area contributed by atoms with Gasteiger partial charge >= 0.3 is 0 Å². The highest BCUT2D eigenvalue weighted by Gasteiger charge is 2.37. The van der Waals surface area contributed by atoms with Gasteiger partial charge in [0.05, 0.1) is 5.56 Å². The van der Waals surface area contributed by atoms with Gasteiger partial charge in [-0.05, 0) is 43.2 Å². The van der Waals surface area contributed by atoms with Crippen LogP contribution in [0.1, 0.15) is 35.3 Å². The van der Waals surface area contributed by atoms with Crippen molar-refractivity contribution in [2.45, 2.75) is 25.7 Å². The lowest BCUT2D eigenvalue weighted by molar-refractivity contribution is 0.0940. The number of aromatic nitrogens is 1. The molecule has 0 aliphatic heterocycles. The molecular weight excluding hydrogens is 238 g/mol. The molecule has 1 fully saturated rings. The molecule has 19 heavy (non-hydrogen) atoms. The van der Waals surface area contributed by atoms with Crippen LogP contribution in [0, 0.1) is 11.8 Å². The summed E-state index contributed by atoms with van der Waals surface area (Å²) in [5.74, 6) is 1.18. The fourth-order valence-electron chi connectivity index (χ4n) is 3.31. The number of fused-ring (bicyclic) bond motifs is 2. The van der Waals surface area contributed by atoms with Crippen LogP contribution < -0.4 is 5.43 Å². The molecular formula is C16H15NO2. The number of benzene rings is 1. The Balaban J connectivity index is 1.94. The number of carbonyl (C=O) groups is 1. The molecule has 0 bridgehead atoms. The first kappa shape index (κ1) is 11.0. The van der Waals surface area contributed by atoms with Crippen LogP contribution >= 0.6 is 0 Å². The van der Waals surface area contributed by atoms with Crippen LogP contribution in [0.5, 0.6) is 0 Å². The van der Waals surface area contributed by atoms with E-state index in [1.54, 1.807) is 6.07 Å². The van der Waals surface area contributed by atoms with E-state index in [0.717, 1.165) is 17.6 Å². The molecule has 0 saturated heterocycles. The molecule has 1 aromatic heterocycles. The van der Waals surface area contributed by atoms with E-state index in [9.17, 15) is 9.59 Å². The minimum atomic E-state index is -0.0939. The van der Waals surface area contributed by atoms with E-state index in [2.05, 4.69) is 4.98 Å². The number of ketones is 1. The number of carbonyl (C=O) groups excluding carboxylic acids is 1. The highest BCUT2D eigenvalue weighted by molar-refractivity contribution is 6.01. The fraction of sp³-hybridized carbons (Fsp3) is 0.375. The molecule has 3 heteroatoms. The van der Waals surface area contributed by atoms with Crippen LogP contribution in [0.4, 0.5) is 0 Å². The van der Waals surface area contributed by atoms with Crippen LogP contribution in [0.3, 0.4) is 0 Å². The average Bonchev–Trinajstić information content (AvgIpc) is 3.22. The molecule has 3 nitrogen and oxygen atoms in total. The normalized spacial score (nSPS) is 22.5. The van der Waals surface area contributed by atoms with Gasteiger partial charge in [-0.25, -0.2) is 0 Å². The number of Topliss-reactive ketones (excluding diaryl/α,β-unsaturated/α-hetero) is 1. The molecule has 1 unspecified atom stereocenters. The second-order valence-corrected chi connectivity index (χ2v) is 5.78.